The van der Waals surface area contributed by atoms with Gasteiger partial charge in [-0.3, -0.25) is 0 Å². The summed E-state index contributed by atoms with van der Waals surface area (Å²) in [6.07, 6.45) is -4.64. The van der Waals surface area contributed by atoms with Gasteiger partial charge in [0.15, 0.2) is 23.0 Å². The second-order valence-electron chi connectivity index (χ2n) is 8.35. The second-order valence-corrected chi connectivity index (χ2v) is 8.35. The maximum absolute atomic E-state index is 12.1. The Morgan fingerprint density at radius 2 is 1.69 bits per heavy atom. The molecule has 11 heteroatoms. The predicted molar refractivity (Wildman–Crippen MR) is 124 cm³/mol. The Balaban J connectivity index is 1.60. The predicted octanol–water partition coefficient (Wildman–Crippen LogP) is 0.768. The third-order valence-corrected chi connectivity index (χ3v) is 5.50. The minimum absolute atomic E-state index is 0.00275. The minimum Gasteiger partial charge on any atom is -0.504 e. The summed E-state index contributed by atoms with van der Waals surface area (Å²) < 4.78 is 16.0. The third kappa shape index (κ3) is 6.95. The van der Waals surface area contributed by atoms with Crippen LogP contribution < -0.4 is 4.74 Å². The van der Waals surface area contributed by atoms with E-state index in [1.165, 1.54) is 43.3 Å². The number of rotatable bonds is 9. The molecule has 0 radical (unpaired) electrons. The van der Waals surface area contributed by atoms with Gasteiger partial charge in [-0.25, -0.2) is 4.79 Å². The summed E-state index contributed by atoms with van der Waals surface area (Å²) in [4.78, 5) is 23.2. The molecular formula is C25H28O11. The highest BCUT2D eigenvalue weighted by Gasteiger charge is 2.45. The molecule has 5 atom stereocenters. The van der Waals surface area contributed by atoms with E-state index < -0.39 is 43.3 Å². The lowest BCUT2D eigenvalue weighted by atomic mass is 9.99. The van der Waals surface area contributed by atoms with Crippen LogP contribution in [0.25, 0.3) is 6.08 Å². The number of benzene rings is 2. The molecule has 0 aromatic heterocycles. The lowest BCUT2D eigenvalue weighted by Gasteiger charge is -2.39. The Morgan fingerprint density at radius 1 is 0.944 bits per heavy atom. The smallest absolute Gasteiger partial charge is 0.330 e. The number of ketones is 1. The van der Waals surface area contributed by atoms with E-state index in [4.69, 9.17) is 14.2 Å². The number of aryl methyl sites for hydroxylation is 1. The van der Waals surface area contributed by atoms with Crippen molar-refractivity contribution in [1.82, 2.24) is 0 Å². The van der Waals surface area contributed by atoms with Crippen LogP contribution in [0.1, 0.15) is 24.5 Å². The number of esters is 1. The van der Waals surface area contributed by atoms with Crippen molar-refractivity contribution in [2.24, 2.45) is 0 Å². The van der Waals surface area contributed by atoms with Crippen LogP contribution in [0.15, 0.2) is 42.5 Å². The highest BCUT2D eigenvalue weighted by atomic mass is 16.7. The summed E-state index contributed by atoms with van der Waals surface area (Å²) in [5.41, 5.74) is 1.10. The minimum atomic E-state index is -1.69. The average Bonchev–Trinajstić information content (AvgIpc) is 2.84. The molecular weight excluding hydrogens is 476 g/mol. The highest BCUT2D eigenvalue weighted by molar-refractivity contribution is 5.87. The van der Waals surface area contributed by atoms with Crippen LogP contribution in [0.3, 0.4) is 0 Å². The van der Waals surface area contributed by atoms with Gasteiger partial charge in [-0.05, 0) is 54.8 Å². The fourth-order valence-electron chi connectivity index (χ4n) is 3.44. The second kappa shape index (κ2) is 11.9. The first-order chi connectivity index (χ1) is 17.0. The first-order valence-corrected chi connectivity index (χ1v) is 11.1. The highest BCUT2D eigenvalue weighted by Crippen LogP contribution is 2.31. The summed E-state index contributed by atoms with van der Waals surface area (Å²) in [5.74, 6) is -1.84. The molecule has 3 rings (SSSR count). The van der Waals surface area contributed by atoms with E-state index in [1.54, 1.807) is 6.07 Å². The Hall–Kier alpha value is -3.64. The number of aliphatic hydroxyl groups is 3. The molecule has 1 saturated heterocycles. The molecule has 2 aromatic rings. The number of ether oxygens (including phenoxy) is 3. The Kier molecular flexibility index (Phi) is 8.88. The maximum atomic E-state index is 12.1. The molecule has 6 N–H and O–H groups in total. The molecule has 0 unspecified atom stereocenters. The number of Topliss-reactive ketones (excluding diaryl/α,β-unsaturated/α-hetero) is 1. The lowest BCUT2D eigenvalue weighted by molar-refractivity contribution is -0.278. The van der Waals surface area contributed by atoms with Gasteiger partial charge in [-0.1, -0.05) is 12.1 Å². The molecule has 1 aliphatic rings. The van der Waals surface area contributed by atoms with Crippen LogP contribution in [-0.2, 0) is 25.5 Å². The fourth-order valence-corrected chi connectivity index (χ4v) is 3.44. The van der Waals surface area contributed by atoms with Crippen molar-refractivity contribution in [1.29, 1.82) is 0 Å². The number of phenolic OH excluding ortho intramolecular Hbond substituents is 3. The van der Waals surface area contributed by atoms with E-state index >= 15 is 0 Å². The number of aliphatic hydroxyl groups excluding tert-OH is 3. The quantitative estimate of drug-likeness (QED) is 0.161. The van der Waals surface area contributed by atoms with Gasteiger partial charge in [0.1, 0.15) is 36.8 Å². The van der Waals surface area contributed by atoms with Crippen molar-refractivity contribution in [3.05, 3.63) is 53.6 Å². The van der Waals surface area contributed by atoms with E-state index in [1.807, 2.05) is 0 Å². The van der Waals surface area contributed by atoms with Gasteiger partial charge in [-0.2, -0.15) is 0 Å². The summed E-state index contributed by atoms with van der Waals surface area (Å²) in [6, 6.07) is 8.38. The van der Waals surface area contributed by atoms with Gasteiger partial charge in [0.25, 0.3) is 0 Å². The molecule has 36 heavy (non-hydrogen) atoms. The van der Waals surface area contributed by atoms with Crippen LogP contribution in [0.5, 0.6) is 23.0 Å². The van der Waals surface area contributed by atoms with E-state index in [0.717, 1.165) is 6.08 Å². The first kappa shape index (κ1) is 27.0. The van der Waals surface area contributed by atoms with Crippen LogP contribution in [0.2, 0.25) is 0 Å². The van der Waals surface area contributed by atoms with E-state index in [2.05, 4.69) is 0 Å². The van der Waals surface area contributed by atoms with E-state index in [0.29, 0.717) is 24.0 Å². The standard InChI is InChI=1S/C25H28O11/c1-13(26)2-3-14-5-8-19(18(29)11-14)35-25-24(33)23(32)22(31)20(36-25)12-34-21(30)9-6-15-4-7-16(27)17(28)10-15/h4-11,20,22-25,27-29,31-33H,2-3,12H2,1H3/b9-6+/t20-,22-,23+,24-,25-/m1/s1. The monoisotopic (exact) mass is 504 g/mol. The molecule has 0 amide bonds. The number of carbonyl (C=O) groups excluding carboxylic acids is 2. The van der Waals surface area contributed by atoms with Crippen molar-refractivity contribution in [2.45, 2.75) is 50.5 Å². The summed E-state index contributed by atoms with van der Waals surface area (Å²) in [6.45, 7) is 0.967. The third-order valence-electron chi connectivity index (χ3n) is 5.50. The number of phenols is 3. The van der Waals surface area contributed by atoms with Crippen LogP contribution in [-0.4, -0.2) is 79.7 Å². The number of hydrogen-bond acceptors (Lipinski definition) is 11. The van der Waals surface area contributed by atoms with Gasteiger partial charge < -0.3 is 49.6 Å². The molecule has 2 aromatic carbocycles. The Morgan fingerprint density at radius 3 is 2.36 bits per heavy atom. The van der Waals surface area contributed by atoms with Crippen molar-refractivity contribution < 1.29 is 54.4 Å². The van der Waals surface area contributed by atoms with Gasteiger partial charge in [0.05, 0.1) is 0 Å². The largest absolute Gasteiger partial charge is 0.504 e. The normalized spacial score (nSPS) is 23.9. The van der Waals surface area contributed by atoms with Gasteiger partial charge >= 0.3 is 5.97 Å². The number of hydrogen-bond donors (Lipinski definition) is 6. The molecule has 0 aliphatic carbocycles. The molecule has 1 fully saturated rings. The molecule has 11 nitrogen and oxygen atoms in total. The van der Waals surface area contributed by atoms with Gasteiger partial charge in [-0.15, -0.1) is 0 Å². The van der Waals surface area contributed by atoms with Crippen molar-refractivity contribution in [3.8, 4) is 23.0 Å². The number of aromatic hydroxyl groups is 3. The maximum Gasteiger partial charge on any atom is 0.330 e. The van der Waals surface area contributed by atoms with Crippen LogP contribution in [0, 0.1) is 0 Å². The molecule has 0 bridgehead atoms. The first-order valence-electron chi connectivity index (χ1n) is 11.1. The molecule has 0 saturated carbocycles. The summed E-state index contributed by atoms with van der Waals surface area (Å²) in [7, 11) is 0. The summed E-state index contributed by atoms with van der Waals surface area (Å²) in [5, 5.41) is 59.8. The molecule has 0 spiro atoms. The van der Waals surface area contributed by atoms with Crippen molar-refractivity contribution in [3.63, 3.8) is 0 Å². The molecule has 194 valence electrons. The van der Waals surface area contributed by atoms with Crippen LogP contribution in [0.4, 0.5) is 0 Å². The topological polar surface area (TPSA) is 183 Å². The van der Waals surface area contributed by atoms with Crippen LogP contribution >= 0.6 is 0 Å². The zero-order chi connectivity index (χ0) is 26.4. The Labute approximate surface area is 206 Å². The average molecular weight is 504 g/mol. The Bertz CT molecular complexity index is 1110. The number of carbonyl (C=O) groups is 2. The lowest BCUT2D eigenvalue weighted by Crippen LogP contribution is -2.60. The van der Waals surface area contributed by atoms with Gasteiger partial charge in [0, 0.05) is 12.5 Å². The summed E-state index contributed by atoms with van der Waals surface area (Å²) >= 11 is 0. The zero-order valence-electron chi connectivity index (χ0n) is 19.4. The zero-order valence-corrected chi connectivity index (χ0v) is 19.4. The van der Waals surface area contributed by atoms with Crippen molar-refractivity contribution in [2.75, 3.05) is 6.61 Å². The SMILES string of the molecule is CC(=O)CCc1ccc(O[C@@H]2O[C@H](COC(=O)/C=C/c3ccc(O)c(O)c3)[C@@H](O)[C@H](O)[C@H]2O)c(O)c1. The fraction of sp³-hybridized carbons (Fsp3) is 0.360. The molecule has 1 heterocycles. The van der Waals surface area contributed by atoms with Gasteiger partial charge in [0.2, 0.25) is 6.29 Å². The molecule has 1 aliphatic heterocycles. The van der Waals surface area contributed by atoms with Crippen molar-refractivity contribution >= 4 is 17.8 Å². The van der Waals surface area contributed by atoms with E-state index in [9.17, 15) is 40.2 Å². The van der Waals surface area contributed by atoms with E-state index in [-0.39, 0.29) is 28.8 Å².